The van der Waals surface area contributed by atoms with Gasteiger partial charge in [0.1, 0.15) is 6.10 Å². The van der Waals surface area contributed by atoms with Crippen LogP contribution in [0.25, 0.3) is 0 Å². The Hall–Kier alpha value is -1.55. The first-order valence-electron chi connectivity index (χ1n) is 12.6. The Bertz CT molecular complexity index is 818. The van der Waals surface area contributed by atoms with E-state index in [1.807, 2.05) is 39.2 Å². The van der Waals surface area contributed by atoms with Crippen molar-refractivity contribution in [2.45, 2.75) is 68.0 Å². The largest absolute Gasteiger partial charge is 0.388 e. The molecule has 4 rings (SSSR count). The van der Waals surface area contributed by atoms with Crippen molar-refractivity contribution in [2.75, 3.05) is 53.5 Å². The zero-order valence-electron chi connectivity index (χ0n) is 20.8. The summed E-state index contributed by atoms with van der Waals surface area (Å²) >= 11 is 0. The SMILES string of the molecule is CN(C)[C@@H]1CC[C@@]2([C@@H](O)CNC(=O)CN3CCOCC3)C[C@H](c3ccccc3)C[C@](C)(O2)[C@H]1O. The molecule has 1 aromatic rings. The molecule has 3 aliphatic heterocycles. The number of ether oxygens (including phenoxy) is 2. The number of aliphatic hydroxyl groups is 2. The fourth-order valence-corrected chi connectivity index (χ4v) is 6.10. The molecule has 3 saturated heterocycles. The Balaban J connectivity index is 1.53. The quantitative estimate of drug-likeness (QED) is 0.541. The Morgan fingerprint density at radius 1 is 1.24 bits per heavy atom. The molecule has 8 heteroatoms. The summed E-state index contributed by atoms with van der Waals surface area (Å²) in [6.45, 7) is 5.17. The van der Waals surface area contributed by atoms with Crippen molar-refractivity contribution in [1.29, 1.82) is 0 Å². The Morgan fingerprint density at radius 2 is 1.94 bits per heavy atom. The second-order valence-electron chi connectivity index (χ2n) is 10.7. The van der Waals surface area contributed by atoms with Gasteiger partial charge in [0, 0.05) is 25.7 Å². The molecule has 0 unspecified atom stereocenters. The lowest BCUT2D eigenvalue weighted by Gasteiger charge is -2.52. The van der Waals surface area contributed by atoms with Gasteiger partial charge in [-0.25, -0.2) is 0 Å². The summed E-state index contributed by atoms with van der Waals surface area (Å²) < 4.78 is 12.1. The topological polar surface area (TPSA) is 94.5 Å². The average molecular weight is 476 g/mol. The second-order valence-corrected chi connectivity index (χ2v) is 10.7. The zero-order chi connectivity index (χ0) is 24.3. The molecule has 3 N–H and O–H groups in total. The number of benzene rings is 1. The molecule has 190 valence electrons. The molecule has 3 fully saturated rings. The van der Waals surface area contributed by atoms with Crippen LogP contribution in [0, 0.1) is 0 Å². The van der Waals surface area contributed by atoms with Gasteiger partial charge in [-0.3, -0.25) is 9.69 Å². The number of nitrogens with zero attached hydrogens (tertiary/aromatic N) is 2. The lowest BCUT2D eigenvalue weighted by molar-refractivity contribution is -0.250. The van der Waals surface area contributed by atoms with Crippen LogP contribution in [0.3, 0.4) is 0 Å². The van der Waals surface area contributed by atoms with Crippen molar-refractivity contribution >= 4 is 5.91 Å². The van der Waals surface area contributed by atoms with Gasteiger partial charge in [0.25, 0.3) is 0 Å². The minimum absolute atomic E-state index is 0.0653. The molecule has 0 saturated carbocycles. The molecule has 34 heavy (non-hydrogen) atoms. The number of morpholine rings is 1. The molecule has 6 atom stereocenters. The first-order chi connectivity index (χ1) is 16.2. The number of amides is 1. The van der Waals surface area contributed by atoms with E-state index in [1.165, 1.54) is 5.56 Å². The number of hydrogen-bond acceptors (Lipinski definition) is 7. The monoisotopic (exact) mass is 475 g/mol. The van der Waals surface area contributed by atoms with Crippen LogP contribution in [-0.2, 0) is 14.3 Å². The minimum Gasteiger partial charge on any atom is -0.388 e. The van der Waals surface area contributed by atoms with E-state index in [2.05, 4.69) is 27.2 Å². The van der Waals surface area contributed by atoms with E-state index in [9.17, 15) is 15.0 Å². The van der Waals surface area contributed by atoms with Crippen molar-refractivity contribution in [3.05, 3.63) is 35.9 Å². The van der Waals surface area contributed by atoms with Gasteiger partial charge < -0.3 is 29.9 Å². The number of rotatable bonds is 7. The van der Waals surface area contributed by atoms with Crippen molar-refractivity contribution in [3.63, 3.8) is 0 Å². The number of fused-ring (bicyclic) bond motifs is 2. The zero-order valence-corrected chi connectivity index (χ0v) is 20.8. The molecule has 2 bridgehead atoms. The molecule has 1 aromatic carbocycles. The van der Waals surface area contributed by atoms with Crippen molar-refractivity contribution in [3.8, 4) is 0 Å². The van der Waals surface area contributed by atoms with Crippen molar-refractivity contribution in [1.82, 2.24) is 15.1 Å². The smallest absolute Gasteiger partial charge is 0.234 e. The third-order valence-corrected chi connectivity index (χ3v) is 8.04. The summed E-state index contributed by atoms with van der Waals surface area (Å²) in [5.74, 6) is 0.0459. The number of likely N-dealkylation sites (N-methyl/N-ethyl adjacent to an activating group) is 1. The van der Waals surface area contributed by atoms with Gasteiger partial charge in [-0.2, -0.15) is 0 Å². The summed E-state index contributed by atoms with van der Waals surface area (Å²) in [6.07, 6.45) is 1.11. The standard InChI is InChI=1S/C26H41N3O5/c1-25-15-20(19-7-5-4-6-8-19)16-26(34-25,10-9-21(24(25)32)28(2)3)22(30)17-27-23(31)18-29-11-13-33-14-12-29/h4-8,20-22,24,30,32H,9-18H2,1-3H3,(H,27,31)/t20-,21-,22+,24+,25+,26+/m1/s1. The summed E-state index contributed by atoms with van der Waals surface area (Å²) in [5.41, 5.74) is -0.450. The predicted molar refractivity (Wildman–Crippen MR) is 130 cm³/mol. The maximum atomic E-state index is 12.6. The Morgan fingerprint density at radius 3 is 2.62 bits per heavy atom. The van der Waals surface area contributed by atoms with E-state index >= 15 is 0 Å². The summed E-state index contributed by atoms with van der Waals surface area (Å²) in [5, 5.41) is 25.8. The van der Waals surface area contributed by atoms with Crippen LogP contribution in [0.2, 0.25) is 0 Å². The minimum atomic E-state index is -0.875. The highest BCUT2D eigenvalue weighted by Crippen LogP contribution is 2.51. The molecule has 0 aromatic heterocycles. The van der Waals surface area contributed by atoms with Crippen LogP contribution in [0.15, 0.2) is 30.3 Å². The third kappa shape index (κ3) is 5.48. The van der Waals surface area contributed by atoms with Crippen molar-refractivity contribution in [2.24, 2.45) is 0 Å². The van der Waals surface area contributed by atoms with Gasteiger partial charge in [-0.05, 0) is 58.2 Å². The lowest BCUT2D eigenvalue weighted by Crippen LogP contribution is -2.61. The van der Waals surface area contributed by atoms with Gasteiger partial charge in [0.05, 0.1) is 37.1 Å². The van der Waals surface area contributed by atoms with Crippen LogP contribution >= 0.6 is 0 Å². The van der Waals surface area contributed by atoms with Gasteiger partial charge >= 0.3 is 0 Å². The van der Waals surface area contributed by atoms with E-state index in [0.29, 0.717) is 45.4 Å². The summed E-state index contributed by atoms with van der Waals surface area (Å²) in [6, 6.07) is 10.2. The van der Waals surface area contributed by atoms with E-state index < -0.39 is 23.4 Å². The van der Waals surface area contributed by atoms with E-state index in [4.69, 9.17) is 9.47 Å². The van der Waals surface area contributed by atoms with Crippen molar-refractivity contribution < 1.29 is 24.5 Å². The highest BCUT2D eigenvalue weighted by molar-refractivity contribution is 5.78. The van der Waals surface area contributed by atoms with Crippen LogP contribution in [0.1, 0.15) is 44.1 Å². The van der Waals surface area contributed by atoms with Gasteiger partial charge in [0.15, 0.2) is 0 Å². The van der Waals surface area contributed by atoms with Gasteiger partial charge in [0.2, 0.25) is 5.91 Å². The van der Waals surface area contributed by atoms with E-state index in [-0.39, 0.29) is 24.4 Å². The molecule has 0 spiro atoms. The van der Waals surface area contributed by atoms with Crippen LogP contribution in [-0.4, -0.2) is 109 Å². The molecule has 3 aliphatic rings. The van der Waals surface area contributed by atoms with Gasteiger partial charge in [-0.1, -0.05) is 30.3 Å². The molecule has 0 aliphatic carbocycles. The summed E-state index contributed by atoms with van der Waals surface area (Å²) in [7, 11) is 3.96. The number of hydrogen-bond donors (Lipinski definition) is 3. The van der Waals surface area contributed by atoms with Gasteiger partial charge in [-0.15, -0.1) is 0 Å². The molecular weight excluding hydrogens is 434 g/mol. The molecule has 0 radical (unpaired) electrons. The fraction of sp³-hybridized carbons (Fsp3) is 0.731. The molecule has 3 heterocycles. The average Bonchev–Trinajstić information content (AvgIpc) is 2.90. The Kier molecular flexibility index (Phi) is 7.96. The number of carbonyl (C=O) groups excluding carboxylic acids is 1. The number of carbonyl (C=O) groups is 1. The molecule has 8 nitrogen and oxygen atoms in total. The first-order valence-corrected chi connectivity index (χ1v) is 12.6. The predicted octanol–water partition coefficient (Wildman–Crippen LogP) is 0.972. The fourth-order valence-electron chi connectivity index (χ4n) is 6.10. The summed E-state index contributed by atoms with van der Waals surface area (Å²) in [4.78, 5) is 16.7. The normalized spacial score (nSPS) is 35.5. The number of aliphatic hydroxyl groups excluding tert-OH is 2. The second kappa shape index (κ2) is 10.6. The molecule has 1 amide bonds. The van der Waals surface area contributed by atoms with E-state index in [0.717, 1.165) is 13.1 Å². The third-order valence-electron chi connectivity index (χ3n) is 8.04. The number of nitrogens with one attached hydrogen (secondary N) is 1. The lowest BCUT2D eigenvalue weighted by atomic mass is 9.72. The highest BCUT2D eigenvalue weighted by Gasteiger charge is 2.57. The van der Waals surface area contributed by atoms with Crippen LogP contribution < -0.4 is 5.32 Å². The first kappa shape index (κ1) is 25.5. The van der Waals surface area contributed by atoms with Crippen LogP contribution in [0.4, 0.5) is 0 Å². The van der Waals surface area contributed by atoms with Crippen LogP contribution in [0.5, 0.6) is 0 Å². The van der Waals surface area contributed by atoms with E-state index in [1.54, 1.807) is 0 Å². The molecular formula is C26H41N3O5. The maximum absolute atomic E-state index is 12.6. The Labute approximate surface area is 203 Å². The highest BCUT2D eigenvalue weighted by atomic mass is 16.6. The maximum Gasteiger partial charge on any atom is 0.234 e.